The maximum atomic E-state index is 8.91. The lowest BCUT2D eigenvalue weighted by molar-refractivity contribution is 0.304. The minimum Gasteiger partial charge on any atom is -0.494 e. The van der Waals surface area contributed by atoms with E-state index in [0.29, 0.717) is 5.56 Å². The molecule has 0 bridgehead atoms. The lowest BCUT2D eigenvalue weighted by Gasteiger charge is -2.08. The number of hydrogen-bond donors (Lipinski definition) is 0. The molecule has 2 rings (SSSR count). The van der Waals surface area contributed by atoms with Gasteiger partial charge in [-0.2, -0.15) is 5.26 Å². The molecule has 0 atom stereocenters. The summed E-state index contributed by atoms with van der Waals surface area (Å²) in [6.45, 7) is 3.04. The van der Waals surface area contributed by atoms with Crippen LogP contribution in [0.3, 0.4) is 0 Å². The molecule has 0 radical (unpaired) electrons. The lowest BCUT2D eigenvalue weighted by atomic mass is 10.0. The Balaban J connectivity index is 1.44. The van der Waals surface area contributed by atoms with E-state index in [1.807, 2.05) is 36.4 Å². The Labute approximate surface area is 202 Å². The van der Waals surface area contributed by atoms with Crippen molar-refractivity contribution in [3.63, 3.8) is 0 Å². The normalized spacial score (nSPS) is 11.3. The molecule has 0 aliphatic carbocycles. The fourth-order valence-electron chi connectivity index (χ4n) is 3.76. The van der Waals surface area contributed by atoms with E-state index in [0.717, 1.165) is 36.3 Å². The van der Waals surface area contributed by atoms with Gasteiger partial charge in [-0.05, 0) is 73.9 Å². The molecule has 33 heavy (non-hydrogen) atoms. The van der Waals surface area contributed by atoms with E-state index >= 15 is 0 Å². The van der Waals surface area contributed by atoms with Crippen LogP contribution in [0.1, 0.15) is 89.5 Å². The fourth-order valence-corrected chi connectivity index (χ4v) is 3.76. The van der Waals surface area contributed by atoms with Crippen LogP contribution in [0, 0.1) is 11.3 Å². The van der Waals surface area contributed by atoms with Gasteiger partial charge in [0.2, 0.25) is 0 Å². The second-order valence-corrected chi connectivity index (χ2v) is 8.65. The average molecular weight is 444 g/mol. The lowest BCUT2D eigenvalue weighted by Crippen LogP contribution is -1.97. The third-order valence-corrected chi connectivity index (χ3v) is 5.82. The molecule has 0 spiro atoms. The van der Waals surface area contributed by atoms with E-state index in [-0.39, 0.29) is 0 Å². The highest BCUT2D eigenvalue weighted by Gasteiger charge is 2.00. The Morgan fingerprint density at radius 3 is 1.82 bits per heavy atom. The molecule has 0 heterocycles. The molecule has 0 amide bonds. The highest BCUT2D eigenvalue weighted by molar-refractivity contribution is 5.64. The monoisotopic (exact) mass is 443 g/mol. The summed E-state index contributed by atoms with van der Waals surface area (Å²) < 4.78 is 5.89. The second-order valence-electron chi connectivity index (χ2n) is 8.65. The van der Waals surface area contributed by atoms with E-state index in [4.69, 9.17) is 10.00 Å². The highest BCUT2D eigenvalue weighted by atomic mass is 16.5. The Bertz CT molecular complexity index is 840. The van der Waals surface area contributed by atoms with Gasteiger partial charge < -0.3 is 4.74 Å². The number of ether oxygens (including phenoxy) is 1. The SMILES string of the molecule is CCCCCC=CCC=CCCCCCCCCOc1ccc(-c2ccc(C#N)cc2)cc1. The van der Waals surface area contributed by atoms with E-state index < -0.39 is 0 Å². The van der Waals surface area contributed by atoms with Crippen LogP contribution in [-0.4, -0.2) is 6.61 Å². The number of nitrogens with zero attached hydrogens (tertiary/aromatic N) is 1. The highest BCUT2D eigenvalue weighted by Crippen LogP contribution is 2.23. The molecule has 2 nitrogen and oxygen atoms in total. The van der Waals surface area contributed by atoms with E-state index in [1.54, 1.807) is 0 Å². The molecule has 2 heteroatoms. The number of allylic oxidation sites excluding steroid dienone is 4. The van der Waals surface area contributed by atoms with Crippen LogP contribution in [0.5, 0.6) is 5.75 Å². The van der Waals surface area contributed by atoms with Gasteiger partial charge >= 0.3 is 0 Å². The van der Waals surface area contributed by atoms with Crippen LogP contribution in [-0.2, 0) is 0 Å². The first kappa shape index (κ1) is 26.5. The molecule has 0 unspecified atom stereocenters. The van der Waals surface area contributed by atoms with Crippen LogP contribution < -0.4 is 4.74 Å². The molecular weight excluding hydrogens is 402 g/mol. The fraction of sp³-hybridized carbons (Fsp3) is 0.452. The summed E-state index contributed by atoms with van der Waals surface area (Å²) in [6, 6.07) is 18.0. The summed E-state index contributed by atoms with van der Waals surface area (Å²) in [5.41, 5.74) is 2.94. The molecule has 2 aromatic carbocycles. The number of unbranched alkanes of at least 4 members (excludes halogenated alkanes) is 9. The topological polar surface area (TPSA) is 33.0 Å². The van der Waals surface area contributed by atoms with Crippen molar-refractivity contribution in [3.8, 4) is 22.9 Å². The summed E-state index contributed by atoms with van der Waals surface area (Å²) in [6.07, 6.45) is 24.4. The standard InChI is InChI=1S/C31H41NO/c1-2-3-4-5-6-7-8-9-10-11-12-13-14-15-16-17-26-33-31-24-22-30(23-25-31)29-20-18-28(27-32)19-21-29/h6-7,9-10,18-25H,2-5,8,11-17,26H2,1H3. The second kappa shape index (κ2) is 17.7. The number of nitriles is 1. The summed E-state index contributed by atoms with van der Waals surface area (Å²) in [7, 11) is 0. The zero-order valence-electron chi connectivity index (χ0n) is 20.5. The number of rotatable bonds is 17. The summed E-state index contributed by atoms with van der Waals surface area (Å²) in [5.74, 6) is 0.926. The van der Waals surface area contributed by atoms with Crippen LogP contribution in [0.15, 0.2) is 72.8 Å². The van der Waals surface area contributed by atoms with Gasteiger partial charge in [-0.1, -0.05) is 94.0 Å². The molecule has 0 saturated carbocycles. The third-order valence-electron chi connectivity index (χ3n) is 5.82. The molecular formula is C31H41NO. The van der Waals surface area contributed by atoms with Crippen LogP contribution in [0.2, 0.25) is 0 Å². The number of benzene rings is 2. The smallest absolute Gasteiger partial charge is 0.119 e. The molecule has 0 aliphatic heterocycles. The van der Waals surface area contributed by atoms with Gasteiger partial charge in [-0.15, -0.1) is 0 Å². The van der Waals surface area contributed by atoms with Gasteiger partial charge in [-0.3, -0.25) is 0 Å². The van der Waals surface area contributed by atoms with Crippen LogP contribution in [0.25, 0.3) is 11.1 Å². The van der Waals surface area contributed by atoms with E-state index in [2.05, 4.69) is 49.4 Å². The van der Waals surface area contributed by atoms with Gasteiger partial charge in [0, 0.05) is 0 Å². The van der Waals surface area contributed by atoms with E-state index in [1.165, 1.54) is 64.2 Å². The minimum absolute atomic E-state index is 0.687. The Morgan fingerprint density at radius 2 is 1.21 bits per heavy atom. The van der Waals surface area contributed by atoms with Crippen molar-refractivity contribution in [1.82, 2.24) is 0 Å². The van der Waals surface area contributed by atoms with Crippen LogP contribution >= 0.6 is 0 Å². The summed E-state index contributed by atoms with van der Waals surface area (Å²) >= 11 is 0. The first-order valence-electron chi connectivity index (χ1n) is 12.9. The van der Waals surface area contributed by atoms with Crippen molar-refractivity contribution in [1.29, 1.82) is 5.26 Å². The molecule has 0 aromatic heterocycles. The van der Waals surface area contributed by atoms with Crippen LogP contribution in [0.4, 0.5) is 0 Å². The predicted octanol–water partition coefficient (Wildman–Crippen LogP) is 9.42. The van der Waals surface area contributed by atoms with Gasteiger partial charge in [0.15, 0.2) is 0 Å². The zero-order valence-corrected chi connectivity index (χ0v) is 20.5. The Hall–Kier alpha value is -2.79. The maximum absolute atomic E-state index is 8.91. The molecule has 0 aliphatic rings. The first-order valence-corrected chi connectivity index (χ1v) is 12.9. The average Bonchev–Trinajstić information content (AvgIpc) is 2.86. The summed E-state index contributed by atoms with van der Waals surface area (Å²) in [5, 5.41) is 8.91. The largest absolute Gasteiger partial charge is 0.494 e. The molecule has 176 valence electrons. The maximum Gasteiger partial charge on any atom is 0.119 e. The van der Waals surface area contributed by atoms with E-state index in [9.17, 15) is 0 Å². The van der Waals surface area contributed by atoms with Gasteiger partial charge in [0.25, 0.3) is 0 Å². The quantitative estimate of drug-likeness (QED) is 0.180. The van der Waals surface area contributed by atoms with Crippen molar-refractivity contribution in [2.45, 2.75) is 84.0 Å². The first-order chi connectivity index (χ1) is 16.3. The van der Waals surface area contributed by atoms with Crippen molar-refractivity contribution < 1.29 is 4.74 Å². The Kier molecular flexibility index (Phi) is 14.2. The molecule has 2 aromatic rings. The molecule has 0 saturated heterocycles. The van der Waals surface area contributed by atoms with Crippen molar-refractivity contribution in [2.75, 3.05) is 6.61 Å². The van der Waals surface area contributed by atoms with Crippen molar-refractivity contribution in [2.24, 2.45) is 0 Å². The van der Waals surface area contributed by atoms with Gasteiger partial charge in [0.05, 0.1) is 18.2 Å². The molecule has 0 N–H and O–H groups in total. The van der Waals surface area contributed by atoms with Gasteiger partial charge in [-0.25, -0.2) is 0 Å². The van der Waals surface area contributed by atoms with Crippen molar-refractivity contribution in [3.05, 3.63) is 78.4 Å². The zero-order chi connectivity index (χ0) is 23.4. The molecule has 0 fully saturated rings. The third kappa shape index (κ3) is 12.1. The van der Waals surface area contributed by atoms with Crippen molar-refractivity contribution >= 4 is 0 Å². The van der Waals surface area contributed by atoms with Gasteiger partial charge in [0.1, 0.15) is 5.75 Å². The summed E-state index contributed by atoms with van der Waals surface area (Å²) in [4.78, 5) is 0. The Morgan fingerprint density at radius 1 is 0.667 bits per heavy atom. The predicted molar refractivity (Wildman–Crippen MR) is 141 cm³/mol. The number of hydrogen-bond acceptors (Lipinski definition) is 2. The minimum atomic E-state index is 0.687.